The summed E-state index contributed by atoms with van der Waals surface area (Å²) in [5.41, 5.74) is 4.98. The summed E-state index contributed by atoms with van der Waals surface area (Å²) in [4.78, 5) is 2.05. The summed E-state index contributed by atoms with van der Waals surface area (Å²) in [7, 11) is -0.813. The normalized spacial score (nSPS) is 16.0. The molecule has 0 N–H and O–H groups in total. The lowest BCUT2D eigenvalue weighted by molar-refractivity contribution is 0.501. The van der Waals surface area contributed by atoms with Gasteiger partial charge in [0.15, 0.2) is 0 Å². The van der Waals surface area contributed by atoms with Gasteiger partial charge in [-0.1, -0.05) is 0 Å². The molecule has 0 unspecified atom stereocenters. The lowest BCUT2D eigenvalue weighted by Gasteiger charge is -1.92. The van der Waals surface area contributed by atoms with Crippen molar-refractivity contribution in [2.24, 2.45) is 0 Å². The molecule has 0 fully saturated rings. The van der Waals surface area contributed by atoms with Crippen LogP contribution in [0.4, 0.5) is 0 Å². The summed E-state index contributed by atoms with van der Waals surface area (Å²) in [6.45, 7) is 16.1. The SMILES string of the molecule is CC1=C(C)S(=O)C(C)=C1C.Cc1oc(C)c(C)c1C. The second-order valence-electron chi connectivity index (χ2n) is 5.10. The van der Waals surface area contributed by atoms with E-state index in [9.17, 15) is 4.21 Å². The van der Waals surface area contributed by atoms with Crippen LogP contribution in [0.15, 0.2) is 25.4 Å². The number of aryl methyl sites for hydroxylation is 2. The van der Waals surface area contributed by atoms with Crippen LogP contribution in [0.25, 0.3) is 0 Å². The van der Waals surface area contributed by atoms with E-state index in [1.54, 1.807) is 0 Å². The molecule has 2 rings (SSSR count). The molecule has 0 bridgehead atoms. The molecule has 106 valence electrons. The van der Waals surface area contributed by atoms with E-state index in [1.165, 1.54) is 22.3 Å². The van der Waals surface area contributed by atoms with Gasteiger partial charge in [-0.2, -0.15) is 0 Å². The molecule has 0 atom stereocenters. The number of allylic oxidation sites excluding steroid dienone is 4. The van der Waals surface area contributed by atoms with E-state index in [0.717, 1.165) is 21.3 Å². The van der Waals surface area contributed by atoms with Crippen molar-refractivity contribution in [2.45, 2.75) is 55.4 Å². The van der Waals surface area contributed by atoms with Crippen LogP contribution in [0.2, 0.25) is 0 Å². The first-order chi connectivity index (χ1) is 8.68. The Labute approximate surface area is 119 Å². The molecule has 2 heterocycles. The van der Waals surface area contributed by atoms with E-state index in [0.29, 0.717) is 0 Å². The average Bonchev–Trinajstić information content (AvgIpc) is 2.69. The number of furan rings is 1. The van der Waals surface area contributed by atoms with Gasteiger partial charge in [-0.3, -0.25) is 0 Å². The Morgan fingerprint density at radius 1 is 0.684 bits per heavy atom. The molecule has 1 aliphatic heterocycles. The Hall–Kier alpha value is -1.09. The zero-order chi connectivity index (χ0) is 14.9. The molecule has 0 aromatic carbocycles. The number of hydrogen-bond acceptors (Lipinski definition) is 2. The van der Waals surface area contributed by atoms with E-state index >= 15 is 0 Å². The molecular weight excluding hydrogens is 256 g/mol. The summed E-state index contributed by atoms with van der Waals surface area (Å²) < 4.78 is 16.7. The van der Waals surface area contributed by atoms with Crippen LogP contribution >= 0.6 is 0 Å². The van der Waals surface area contributed by atoms with E-state index in [-0.39, 0.29) is 0 Å². The average molecular weight is 280 g/mol. The van der Waals surface area contributed by atoms with Crippen molar-refractivity contribution in [2.75, 3.05) is 0 Å². The smallest absolute Gasteiger partial charge is 0.104 e. The molecule has 0 radical (unpaired) electrons. The molecule has 0 amide bonds. The monoisotopic (exact) mass is 280 g/mol. The molecule has 0 spiro atoms. The minimum absolute atomic E-state index is 0.813. The fraction of sp³-hybridized carbons (Fsp3) is 0.500. The third-order valence-corrected chi connectivity index (χ3v) is 5.82. The van der Waals surface area contributed by atoms with Crippen LogP contribution in [-0.4, -0.2) is 4.21 Å². The molecule has 19 heavy (non-hydrogen) atoms. The van der Waals surface area contributed by atoms with Crippen LogP contribution in [0.5, 0.6) is 0 Å². The summed E-state index contributed by atoms with van der Waals surface area (Å²) in [5.74, 6) is 2.09. The highest BCUT2D eigenvalue weighted by molar-refractivity contribution is 7.93. The number of rotatable bonds is 0. The van der Waals surface area contributed by atoms with Gasteiger partial charge in [0.05, 0.1) is 10.8 Å². The summed E-state index contributed by atoms with van der Waals surface area (Å²) in [6.07, 6.45) is 0. The zero-order valence-corrected chi connectivity index (χ0v) is 14.0. The predicted octanol–water partition coefficient (Wildman–Crippen LogP) is 4.85. The quantitative estimate of drug-likeness (QED) is 0.680. The standard InChI is InChI=1S/C8H12OS.C8H12O/c1-5-6(2)8(4)10(9)7(5)3;1-5-6(2)8(4)9-7(5)3/h1-4H3;1-4H3. The molecule has 1 aromatic heterocycles. The summed E-state index contributed by atoms with van der Waals surface area (Å²) in [6, 6.07) is 0. The van der Waals surface area contributed by atoms with Gasteiger partial charge in [0.2, 0.25) is 0 Å². The van der Waals surface area contributed by atoms with E-state index in [1.807, 2.05) is 41.5 Å². The van der Waals surface area contributed by atoms with Gasteiger partial charge >= 0.3 is 0 Å². The van der Waals surface area contributed by atoms with Gasteiger partial charge in [-0.25, -0.2) is 4.21 Å². The lowest BCUT2D eigenvalue weighted by Crippen LogP contribution is -1.85. The van der Waals surface area contributed by atoms with Crippen LogP contribution in [0.1, 0.15) is 50.3 Å². The highest BCUT2D eigenvalue weighted by Gasteiger charge is 2.19. The predicted molar refractivity (Wildman–Crippen MR) is 82.5 cm³/mol. The van der Waals surface area contributed by atoms with Crippen molar-refractivity contribution in [3.8, 4) is 0 Å². The number of hydrogen-bond donors (Lipinski definition) is 0. The fourth-order valence-electron chi connectivity index (χ4n) is 1.95. The second-order valence-corrected chi connectivity index (χ2v) is 6.86. The largest absolute Gasteiger partial charge is 0.466 e. The Morgan fingerprint density at radius 3 is 1.11 bits per heavy atom. The van der Waals surface area contributed by atoms with Gasteiger partial charge in [-0.15, -0.1) is 0 Å². The minimum atomic E-state index is -0.813. The first-order valence-electron chi connectivity index (χ1n) is 6.48. The summed E-state index contributed by atoms with van der Waals surface area (Å²) >= 11 is 0. The highest BCUT2D eigenvalue weighted by atomic mass is 32.2. The van der Waals surface area contributed by atoms with Gasteiger partial charge < -0.3 is 4.42 Å². The minimum Gasteiger partial charge on any atom is -0.466 e. The Bertz CT molecular complexity index is 538. The van der Waals surface area contributed by atoms with Crippen LogP contribution in [-0.2, 0) is 10.8 Å². The molecule has 3 heteroatoms. The lowest BCUT2D eigenvalue weighted by atomic mass is 10.1. The van der Waals surface area contributed by atoms with Crippen molar-refractivity contribution in [3.05, 3.63) is 43.6 Å². The second kappa shape index (κ2) is 5.91. The van der Waals surface area contributed by atoms with Crippen molar-refractivity contribution in [1.82, 2.24) is 0 Å². The highest BCUT2D eigenvalue weighted by Crippen LogP contribution is 2.31. The molecule has 0 aliphatic carbocycles. The summed E-state index contributed by atoms with van der Waals surface area (Å²) in [5, 5.41) is 0. The van der Waals surface area contributed by atoms with Crippen LogP contribution < -0.4 is 0 Å². The maximum atomic E-state index is 11.3. The van der Waals surface area contributed by atoms with E-state index in [2.05, 4.69) is 13.8 Å². The van der Waals surface area contributed by atoms with Crippen molar-refractivity contribution in [3.63, 3.8) is 0 Å². The maximum absolute atomic E-state index is 11.3. The van der Waals surface area contributed by atoms with Gasteiger partial charge in [-0.05, 0) is 77.7 Å². The van der Waals surface area contributed by atoms with E-state index < -0.39 is 10.8 Å². The van der Waals surface area contributed by atoms with Crippen molar-refractivity contribution in [1.29, 1.82) is 0 Å². The molecule has 0 saturated heterocycles. The zero-order valence-electron chi connectivity index (χ0n) is 13.2. The topological polar surface area (TPSA) is 30.2 Å². The fourth-order valence-corrected chi connectivity index (χ4v) is 3.27. The first kappa shape index (κ1) is 16.0. The third kappa shape index (κ3) is 3.08. The molecular formula is C16H24O2S. The van der Waals surface area contributed by atoms with E-state index in [4.69, 9.17) is 4.42 Å². The molecule has 1 aliphatic rings. The molecule has 1 aromatic rings. The Morgan fingerprint density at radius 2 is 1.00 bits per heavy atom. The van der Waals surface area contributed by atoms with Crippen molar-refractivity contribution < 1.29 is 8.63 Å². The molecule has 0 saturated carbocycles. The third-order valence-electron chi connectivity index (χ3n) is 4.10. The Kier molecular flexibility index (Phi) is 4.97. The molecule has 2 nitrogen and oxygen atoms in total. The van der Waals surface area contributed by atoms with Crippen LogP contribution in [0, 0.1) is 27.7 Å². The van der Waals surface area contributed by atoms with Crippen LogP contribution in [0.3, 0.4) is 0 Å². The van der Waals surface area contributed by atoms with Gasteiger partial charge in [0, 0.05) is 9.81 Å². The van der Waals surface area contributed by atoms with Gasteiger partial charge in [0.25, 0.3) is 0 Å². The van der Waals surface area contributed by atoms with Gasteiger partial charge in [0.1, 0.15) is 11.5 Å². The van der Waals surface area contributed by atoms with Crippen molar-refractivity contribution >= 4 is 10.8 Å². The maximum Gasteiger partial charge on any atom is 0.104 e. The first-order valence-corrected chi connectivity index (χ1v) is 7.63. The Balaban J connectivity index is 0.000000191.